The Morgan fingerprint density at radius 1 is 1.10 bits per heavy atom. The Morgan fingerprint density at radius 3 is 2.38 bits per heavy atom. The lowest BCUT2D eigenvalue weighted by Crippen LogP contribution is -2.21. The van der Waals surface area contributed by atoms with Crippen molar-refractivity contribution in [3.63, 3.8) is 0 Å². The Morgan fingerprint density at radius 2 is 1.76 bits per heavy atom. The highest BCUT2D eigenvalue weighted by molar-refractivity contribution is 5.75. The maximum absolute atomic E-state index is 11.6. The van der Waals surface area contributed by atoms with E-state index in [1.54, 1.807) is 43.3 Å². The molecule has 1 aromatic carbocycles. The van der Waals surface area contributed by atoms with Crippen LogP contribution in [0.4, 0.5) is 0 Å². The molecule has 1 N–H and O–H groups in total. The molecule has 116 valence electrons. The first-order valence-corrected chi connectivity index (χ1v) is 7.12. The summed E-state index contributed by atoms with van der Waals surface area (Å²) in [4.78, 5) is 24.5. The molecular formula is C16H23NO4. The largest absolute Gasteiger partial charge is 0.508 e. The number of rotatable bonds is 8. The minimum absolute atomic E-state index is 0.124. The third kappa shape index (κ3) is 7.34. The number of carbonyl (C=O) groups is 2. The van der Waals surface area contributed by atoms with Crippen LogP contribution in [0.1, 0.15) is 31.2 Å². The summed E-state index contributed by atoms with van der Waals surface area (Å²) in [5.41, 5.74) is 0.814. The van der Waals surface area contributed by atoms with Crippen molar-refractivity contribution < 1.29 is 19.4 Å². The van der Waals surface area contributed by atoms with Gasteiger partial charge in [-0.2, -0.15) is 0 Å². The van der Waals surface area contributed by atoms with E-state index in [4.69, 9.17) is 9.84 Å². The van der Waals surface area contributed by atoms with Gasteiger partial charge in [0.15, 0.2) is 0 Å². The predicted molar refractivity (Wildman–Crippen MR) is 79.9 cm³/mol. The number of unbranched alkanes of at least 4 members (excludes halogenated alkanes) is 2. The van der Waals surface area contributed by atoms with E-state index in [0.29, 0.717) is 13.0 Å². The summed E-state index contributed by atoms with van der Waals surface area (Å²) in [5, 5.41) is 9.14. The first-order chi connectivity index (χ1) is 9.99. The van der Waals surface area contributed by atoms with E-state index in [2.05, 4.69) is 0 Å². The molecule has 1 amide bonds. The molecule has 21 heavy (non-hydrogen) atoms. The van der Waals surface area contributed by atoms with Gasteiger partial charge >= 0.3 is 5.97 Å². The molecule has 0 aliphatic carbocycles. The summed E-state index contributed by atoms with van der Waals surface area (Å²) in [5.74, 6) is 0.0313. The Labute approximate surface area is 125 Å². The summed E-state index contributed by atoms with van der Waals surface area (Å²) < 4.78 is 5.13. The van der Waals surface area contributed by atoms with Gasteiger partial charge in [0.1, 0.15) is 5.75 Å². The molecule has 1 aromatic rings. The second-order valence-electron chi connectivity index (χ2n) is 5.16. The summed E-state index contributed by atoms with van der Waals surface area (Å²) >= 11 is 0. The Bertz CT molecular complexity index is 454. The summed E-state index contributed by atoms with van der Waals surface area (Å²) in [6.07, 6.45) is 3.19. The normalized spacial score (nSPS) is 10.2. The molecule has 0 aliphatic rings. The first kappa shape index (κ1) is 17.0. The molecular weight excluding hydrogens is 270 g/mol. The zero-order chi connectivity index (χ0) is 15.7. The molecule has 0 unspecified atom stereocenters. The molecule has 0 saturated heterocycles. The molecule has 0 aromatic heterocycles. The van der Waals surface area contributed by atoms with Gasteiger partial charge in [0.25, 0.3) is 0 Å². The number of aromatic hydroxyl groups is 1. The lowest BCUT2D eigenvalue weighted by Gasteiger charge is -2.09. The van der Waals surface area contributed by atoms with Crippen molar-refractivity contribution in [2.75, 3.05) is 20.7 Å². The number of phenols is 1. The van der Waals surface area contributed by atoms with Crippen LogP contribution in [0.2, 0.25) is 0 Å². The fourth-order valence-corrected chi connectivity index (χ4v) is 1.80. The second-order valence-corrected chi connectivity index (χ2v) is 5.16. The summed E-state index contributed by atoms with van der Waals surface area (Å²) in [6, 6.07) is 6.49. The molecule has 0 atom stereocenters. The van der Waals surface area contributed by atoms with Crippen molar-refractivity contribution in [2.45, 2.75) is 32.1 Å². The van der Waals surface area contributed by atoms with Crippen molar-refractivity contribution in [1.82, 2.24) is 4.90 Å². The van der Waals surface area contributed by atoms with Gasteiger partial charge in [-0.25, -0.2) is 0 Å². The maximum atomic E-state index is 11.6. The molecule has 5 heteroatoms. The summed E-state index contributed by atoms with van der Waals surface area (Å²) in [7, 11) is 3.49. The lowest BCUT2D eigenvalue weighted by atomic mass is 10.1. The molecule has 0 saturated carbocycles. The number of carbonyl (C=O) groups excluding carboxylic acids is 2. The van der Waals surface area contributed by atoms with Gasteiger partial charge in [-0.3, -0.25) is 9.59 Å². The van der Waals surface area contributed by atoms with Gasteiger partial charge in [0, 0.05) is 20.5 Å². The smallest absolute Gasteiger partial charge is 0.310 e. The van der Waals surface area contributed by atoms with Crippen molar-refractivity contribution in [1.29, 1.82) is 0 Å². The lowest BCUT2D eigenvalue weighted by molar-refractivity contribution is -0.143. The van der Waals surface area contributed by atoms with Crippen LogP contribution in [0.3, 0.4) is 0 Å². The first-order valence-electron chi connectivity index (χ1n) is 7.12. The molecule has 5 nitrogen and oxygen atoms in total. The quantitative estimate of drug-likeness (QED) is 0.589. The van der Waals surface area contributed by atoms with Crippen molar-refractivity contribution in [3.05, 3.63) is 29.8 Å². The number of esters is 1. The van der Waals surface area contributed by atoms with Crippen LogP contribution in [0.15, 0.2) is 24.3 Å². The van der Waals surface area contributed by atoms with Crippen LogP contribution in [0.25, 0.3) is 0 Å². The number of amides is 1. The van der Waals surface area contributed by atoms with E-state index in [1.165, 1.54) is 0 Å². The summed E-state index contributed by atoms with van der Waals surface area (Å²) in [6.45, 7) is 0.382. The Kier molecular flexibility index (Phi) is 7.29. The average Bonchev–Trinajstić information content (AvgIpc) is 2.44. The monoisotopic (exact) mass is 293 g/mol. The van der Waals surface area contributed by atoms with Gasteiger partial charge in [-0.1, -0.05) is 12.1 Å². The molecule has 0 heterocycles. The topological polar surface area (TPSA) is 66.8 Å². The molecule has 0 bridgehead atoms. The van der Waals surface area contributed by atoms with E-state index in [0.717, 1.165) is 24.8 Å². The molecule has 0 fully saturated rings. The third-order valence-corrected chi connectivity index (χ3v) is 3.08. The van der Waals surface area contributed by atoms with E-state index < -0.39 is 0 Å². The van der Waals surface area contributed by atoms with Gasteiger partial charge in [-0.05, 0) is 37.0 Å². The predicted octanol–water partition coefficient (Wildman–Crippen LogP) is 2.13. The van der Waals surface area contributed by atoms with Gasteiger partial charge in [0.2, 0.25) is 5.91 Å². The number of hydrogen-bond donors (Lipinski definition) is 1. The van der Waals surface area contributed by atoms with Crippen molar-refractivity contribution in [2.24, 2.45) is 0 Å². The fraction of sp³-hybridized carbons (Fsp3) is 0.500. The fourth-order valence-electron chi connectivity index (χ4n) is 1.80. The van der Waals surface area contributed by atoms with Crippen LogP contribution in [-0.4, -0.2) is 42.6 Å². The van der Waals surface area contributed by atoms with Crippen molar-refractivity contribution in [3.8, 4) is 5.75 Å². The van der Waals surface area contributed by atoms with Crippen LogP contribution >= 0.6 is 0 Å². The van der Waals surface area contributed by atoms with Crippen molar-refractivity contribution >= 4 is 11.9 Å². The second kappa shape index (κ2) is 9.00. The van der Waals surface area contributed by atoms with Gasteiger partial charge < -0.3 is 14.7 Å². The third-order valence-electron chi connectivity index (χ3n) is 3.08. The van der Waals surface area contributed by atoms with E-state index >= 15 is 0 Å². The van der Waals surface area contributed by atoms with E-state index in [-0.39, 0.29) is 24.0 Å². The molecule has 0 spiro atoms. The number of hydrogen-bond acceptors (Lipinski definition) is 4. The highest BCUT2D eigenvalue weighted by atomic mass is 16.5. The van der Waals surface area contributed by atoms with E-state index in [9.17, 15) is 9.59 Å². The maximum Gasteiger partial charge on any atom is 0.310 e. The molecule has 1 rings (SSSR count). The number of phenolic OH excluding ortho intramolecular Hbond substituents is 1. The minimum Gasteiger partial charge on any atom is -0.508 e. The van der Waals surface area contributed by atoms with Crippen LogP contribution in [-0.2, 0) is 20.7 Å². The van der Waals surface area contributed by atoms with E-state index in [1.807, 2.05) is 0 Å². The molecule has 0 radical (unpaired) electrons. The highest BCUT2D eigenvalue weighted by Crippen LogP contribution is 2.10. The Hall–Kier alpha value is -2.04. The highest BCUT2D eigenvalue weighted by Gasteiger charge is 2.06. The van der Waals surface area contributed by atoms with Gasteiger partial charge in [0.05, 0.1) is 13.0 Å². The molecule has 0 aliphatic heterocycles. The number of ether oxygens (including phenoxy) is 1. The minimum atomic E-state index is -0.273. The van der Waals surface area contributed by atoms with Crippen LogP contribution in [0, 0.1) is 0 Å². The number of nitrogens with zero attached hydrogens (tertiary/aromatic N) is 1. The standard InChI is InChI=1S/C16H23NO4/c1-17(2)15(19)6-4-3-5-11-21-16(20)12-13-7-9-14(18)10-8-13/h7-10,18H,3-6,11-12H2,1-2H3. The zero-order valence-corrected chi connectivity index (χ0v) is 12.7. The number of benzene rings is 1. The zero-order valence-electron chi connectivity index (χ0n) is 12.7. The SMILES string of the molecule is CN(C)C(=O)CCCCCOC(=O)Cc1ccc(O)cc1. The van der Waals surface area contributed by atoms with Crippen LogP contribution in [0.5, 0.6) is 5.75 Å². The average molecular weight is 293 g/mol. The van der Waals surface area contributed by atoms with Crippen LogP contribution < -0.4 is 0 Å². The Balaban J connectivity index is 2.08. The van der Waals surface area contributed by atoms with Gasteiger partial charge in [-0.15, -0.1) is 0 Å².